The van der Waals surface area contributed by atoms with Crippen LogP contribution in [0.3, 0.4) is 0 Å². The molecule has 1 amide bonds. The summed E-state index contributed by atoms with van der Waals surface area (Å²) < 4.78 is 6.90. The Balaban J connectivity index is 1.44. The van der Waals surface area contributed by atoms with Crippen molar-refractivity contribution in [1.29, 1.82) is 0 Å². The van der Waals surface area contributed by atoms with Crippen molar-refractivity contribution in [3.8, 4) is 5.75 Å². The first-order chi connectivity index (χ1) is 14.6. The van der Waals surface area contributed by atoms with E-state index in [0.29, 0.717) is 18.3 Å². The number of nitrogens with zero attached hydrogens (tertiary/aromatic N) is 3. The summed E-state index contributed by atoms with van der Waals surface area (Å²) in [4.78, 5) is 23.5. The van der Waals surface area contributed by atoms with E-state index >= 15 is 0 Å². The largest absolute Gasteiger partial charge is 0.487 e. The first kappa shape index (κ1) is 20.3. The number of fused-ring (bicyclic) bond motifs is 1. The van der Waals surface area contributed by atoms with Crippen LogP contribution in [-0.2, 0) is 11.4 Å². The second-order valence-electron chi connectivity index (χ2n) is 6.60. The average molecular weight is 436 g/mol. The maximum atomic E-state index is 12.8. The highest BCUT2D eigenvalue weighted by atomic mass is 32.1. The van der Waals surface area contributed by atoms with Crippen molar-refractivity contribution in [1.82, 2.24) is 9.97 Å². The number of aryl methyl sites for hydroxylation is 1. The number of thiazole rings is 2. The number of para-hydroxylation sites is 1. The number of hydrogen-bond donors (Lipinski definition) is 0. The molecular weight excluding hydrogens is 414 g/mol. The highest BCUT2D eigenvalue weighted by molar-refractivity contribution is 7.22. The summed E-state index contributed by atoms with van der Waals surface area (Å²) >= 11 is 3.13. The van der Waals surface area contributed by atoms with Crippen molar-refractivity contribution < 1.29 is 9.53 Å². The zero-order valence-electron chi connectivity index (χ0n) is 16.7. The number of carbonyl (C=O) groups excluding carboxylic acids is 1. The van der Waals surface area contributed by atoms with E-state index in [2.05, 4.69) is 9.97 Å². The number of ether oxygens (including phenoxy) is 1. The molecule has 0 saturated heterocycles. The Bertz CT molecular complexity index is 1160. The van der Waals surface area contributed by atoms with Gasteiger partial charge in [-0.25, -0.2) is 9.97 Å². The quantitative estimate of drug-likeness (QED) is 0.349. The van der Waals surface area contributed by atoms with Crippen LogP contribution in [0.15, 0.2) is 60.0 Å². The molecule has 0 aliphatic heterocycles. The molecule has 0 aliphatic rings. The zero-order valence-corrected chi connectivity index (χ0v) is 18.4. The predicted octanol–water partition coefficient (Wildman–Crippen LogP) is 5.71. The van der Waals surface area contributed by atoms with Crippen LogP contribution in [-0.4, -0.2) is 22.4 Å². The third-order valence-corrected chi connectivity index (χ3v) is 6.31. The lowest BCUT2D eigenvalue weighted by Crippen LogP contribution is -2.28. The minimum absolute atomic E-state index is 0.0965. The van der Waals surface area contributed by atoms with E-state index in [4.69, 9.17) is 4.74 Å². The molecule has 0 atom stereocenters. The first-order valence-electron chi connectivity index (χ1n) is 9.61. The minimum Gasteiger partial charge on any atom is -0.487 e. The number of rotatable bonds is 7. The third kappa shape index (κ3) is 4.75. The van der Waals surface area contributed by atoms with Crippen LogP contribution in [0.25, 0.3) is 16.3 Å². The van der Waals surface area contributed by atoms with E-state index in [1.807, 2.05) is 67.8 Å². The van der Waals surface area contributed by atoms with Crippen LogP contribution in [0.5, 0.6) is 5.75 Å². The Morgan fingerprint density at radius 3 is 2.80 bits per heavy atom. The fourth-order valence-corrected chi connectivity index (χ4v) is 4.59. The molecule has 0 spiro atoms. The molecule has 30 heavy (non-hydrogen) atoms. The van der Waals surface area contributed by atoms with Gasteiger partial charge < -0.3 is 4.74 Å². The molecule has 0 aliphatic carbocycles. The fraction of sp³-hybridized carbons (Fsp3) is 0.174. The van der Waals surface area contributed by atoms with Crippen molar-refractivity contribution in [2.24, 2.45) is 0 Å². The molecule has 2 aromatic heterocycles. The number of anilines is 1. The van der Waals surface area contributed by atoms with Gasteiger partial charge in [-0.3, -0.25) is 9.69 Å². The summed E-state index contributed by atoms with van der Waals surface area (Å²) in [6.45, 7) is 4.91. The average Bonchev–Trinajstić information content (AvgIpc) is 3.37. The zero-order chi connectivity index (χ0) is 20.9. The van der Waals surface area contributed by atoms with E-state index in [1.54, 1.807) is 28.4 Å². The number of amides is 1. The molecule has 2 heterocycles. The number of benzene rings is 2. The van der Waals surface area contributed by atoms with Gasteiger partial charge in [0.2, 0.25) is 0 Å². The van der Waals surface area contributed by atoms with Crippen LogP contribution in [0.2, 0.25) is 0 Å². The topological polar surface area (TPSA) is 55.3 Å². The monoisotopic (exact) mass is 435 g/mol. The molecule has 0 fully saturated rings. The molecule has 0 N–H and O–H groups in total. The molecule has 152 valence electrons. The molecule has 0 saturated carbocycles. The van der Waals surface area contributed by atoms with Gasteiger partial charge >= 0.3 is 0 Å². The number of carbonyl (C=O) groups is 1. The summed E-state index contributed by atoms with van der Waals surface area (Å²) in [5.41, 5.74) is 2.73. The third-order valence-electron chi connectivity index (χ3n) is 4.43. The molecule has 0 unspecified atom stereocenters. The summed E-state index contributed by atoms with van der Waals surface area (Å²) in [7, 11) is 0. The fourth-order valence-electron chi connectivity index (χ4n) is 2.96. The number of aromatic nitrogens is 2. The SMILES string of the molecule is CCN(C(=O)/C=C/c1cccc(OCc2csc(C)n2)c1)c1nc2ccccc2s1. The van der Waals surface area contributed by atoms with Crippen molar-refractivity contribution in [3.05, 3.63) is 76.3 Å². The van der Waals surface area contributed by atoms with E-state index < -0.39 is 0 Å². The van der Waals surface area contributed by atoms with Gasteiger partial charge in [0.1, 0.15) is 12.4 Å². The van der Waals surface area contributed by atoms with Crippen LogP contribution >= 0.6 is 22.7 Å². The van der Waals surface area contributed by atoms with E-state index in [0.717, 1.165) is 32.2 Å². The van der Waals surface area contributed by atoms with Crippen LogP contribution < -0.4 is 9.64 Å². The first-order valence-corrected chi connectivity index (χ1v) is 11.3. The van der Waals surface area contributed by atoms with Gasteiger partial charge in [0.25, 0.3) is 5.91 Å². The lowest BCUT2D eigenvalue weighted by Gasteiger charge is -2.15. The number of hydrogen-bond acceptors (Lipinski definition) is 6. The predicted molar refractivity (Wildman–Crippen MR) is 124 cm³/mol. The summed E-state index contributed by atoms with van der Waals surface area (Å²) in [5.74, 6) is 0.648. The Morgan fingerprint density at radius 1 is 1.17 bits per heavy atom. The van der Waals surface area contributed by atoms with Gasteiger partial charge in [-0.2, -0.15) is 0 Å². The van der Waals surface area contributed by atoms with Crippen molar-refractivity contribution in [2.45, 2.75) is 20.5 Å². The second kappa shape index (κ2) is 9.19. The Morgan fingerprint density at radius 2 is 2.03 bits per heavy atom. The van der Waals surface area contributed by atoms with E-state index in [1.165, 1.54) is 11.3 Å². The lowest BCUT2D eigenvalue weighted by atomic mass is 10.2. The molecular formula is C23H21N3O2S2. The van der Waals surface area contributed by atoms with E-state index in [9.17, 15) is 4.79 Å². The summed E-state index contributed by atoms with van der Waals surface area (Å²) in [6.07, 6.45) is 3.39. The molecule has 4 rings (SSSR count). The van der Waals surface area contributed by atoms with Gasteiger partial charge in [-0.15, -0.1) is 11.3 Å². The van der Waals surface area contributed by atoms with Crippen LogP contribution in [0.1, 0.15) is 23.2 Å². The maximum absolute atomic E-state index is 12.8. The van der Waals surface area contributed by atoms with Crippen LogP contribution in [0.4, 0.5) is 5.13 Å². The molecule has 5 nitrogen and oxygen atoms in total. The summed E-state index contributed by atoms with van der Waals surface area (Å²) in [5, 5.41) is 3.74. The van der Waals surface area contributed by atoms with Crippen molar-refractivity contribution in [2.75, 3.05) is 11.4 Å². The highest BCUT2D eigenvalue weighted by Gasteiger charge is 2.15. The van der Waals surface area contributed by atoms with Crippen molar-refractivity contribution in [3.63, 3.8) is 0 Å². The van der Waals surface area contributed by atoms with Crippen molar-refractivity contribution >= 4 is 50.0 Å². The minimum atomic E-state index is -0.0965. The molecule has 0 bridgehead atoms. The molecule has 2 aromatic carbocycles. The van der Waals surface area contributed by atoms with Crippen LogP contribution in [0, 0.1) is 6.92 Å². The highest BCUT2D eigenvalue weighted by Crippen LogP contribution is 2.28. The second-order valence-corrected chi connectivity index (χ2v) is 8.67. The molecule has 4 aromatic rings. The van der Waals surface area contributed by atoms with Gasteiger partial charge in [0, 0.05) is 18.0 Å². The number of likely N-dealkylation sites (N-methyl/N-ethyl adjacent to an activating group) is 1. The van der Waals surface area contributed by atoms with E-state index in [-0.39, 0.29) is 5.91 Å². The van der Waals surface area contributed by atoms with Gasteiger partial charge in [0.15, 0.2) is 5.13 Å². The normalized spacial score (nSPS) is 11.3. The smallest absolute Gasteiger partial charge is 0.252 e. The van der Waals surface area contributed by atoms with Gasteiger partial charge in [-0.1, -0.05) is 35.6 Å². The van der Waals surface area contributed by atoms with Gasteiger partial charge in [0.05, 0.1) is 20.9 Å². The lowest BCUT2D eigenvalue weighted by molar-refractivity contribution is -0.114. The molecule has 0 radical (unpaired) electrons. The Kier molecular flexibility index (Phi) is 6.21. The van der Waals surface area contributed by atoms with Gasteiger partial charge in [-0.05, 0) is 49.8 Å². The summed E-state index contributed by atoms with van der Waals surface area (Å²) in [6, 6.07) is 15.6. The Hall–Kier alpha value is -3.03. The Labute approximate surface area is 183 Å². The molecule has 7 heteroatoms. The maximum Gasteiger partial charge on any atom is 0.252 e. The standard InChI is InChI=1S/C23H21N3O2S2/c1-3-26(23-25-20-9-4-5-10-21(20)30-23)22(27)12-11-17-7-6-8-19(13-17)28-14-18-15-29-16(2)24-18/h4-13,15H,3,14H2,1-2H3/b12-11+.